The van der Waals surface area contributed by atoms with Crippen molar-refractivity contribution in [1.29, 1.82) is 0 Å². The molecule has 0 atom stereocenters. The highest BCUT2D eigenvalue weighted by molar-refractivity contribution is 6.17. The minimum Gasteiger partial charge on any atom is -0.455 e. The molecule has 0 aliphatic carbocycles. The molecule has 5 aromatic heterocycles. The lowest BCUT2D eigenvalue weighted by Crippen LogP contribution is -2.13. The van der Waals surface area contributed by atoms with Gasteiger partial charge in [-0.15, -0.1) is 0 Å². The van der Waals surface area contributed by atoms with E-state index in [2.05, 4.69) is 226 Å². The van der Waals surface area contributed by atoms with Crippen molar-refractivity contribution in [1.82, 2.24) is 28.7 Å². The predicted octanol–water partition coefficient (Wildman–Crippen LogP) is 17.7. The van der Waals surface area contributed by atoms with E-state index in [0.717, 1.165) is 132 Å². The van der Waals surface area contributed by atoms with Crippen molar-refractivity contribution < 1.29 is 4.42 Å². The molecule has 0 saturated heterocycles. The lowest BCUT2D eigenvalue weighted by Gasteiger charge is -2.27. The summed E-state index contributed by atoms with van der Waals surface area (Å²) in [7, 11) is 0. The van der Waals surface area contributed by atoms with E-state index in [1.807, 2.05) is 42.5 Å². The maximum absolute atomic E-state index is 7.18. The van der Waals surface area contributed by atoms with Crippen LogP contribution in [0.3, 0.4) is 0 Å². The number of furan rings is 1. The first kappa shape index (κ1) is 42.2. The molecule has 0 fully saturated rings. The smallest absolute Gasteiger partial charge is 0.164 e. The molecular formula is C69H42N6O. The molecule has 0 unspecified atom stereocenters. The average molecular weight is 971 g/mol. The fourth-order valence-corrected chi connectivity index (χ4v) is 12.1. The number of nitrogens with zero attached hydrogens (tertiary/aromatic N) is 6. The van der Waals surface area contributed by atoms with Crippen molar-refractivity contribution in [3.8, 4) is 62.4 Å². The van der Waals surface area contributed by atoms with Gasteiger partial charge in [-0.3, -0.25) is 0 Å². The van der Waals surface area contributed by atoms with E-state index in [-0.39, 0.29) is 0 Å². The number of hydrogen-bond donors (Lipinski definition) is 0. The Kier molecular flexibility index (Phi) is 9.20. The van der Waals surface area contributed by atoms with Gasteiger partial charge in [-0.25, -0.2) is 15.0 Å². The average Bonchev–Trinajstić information content (AvgIpc) is 4.33. The molecule has 0 radical (unpaired) electrons. The Hall–Kier alpha value is -10.4. The number of para-hydroxylation sites is 8. The van der Waals surface area contributed by atoms with Gasteiger partial charge in [0.2, 0.25) is 0 Å². The van der Waals surface area contributed by atoms with Crippen LogP contribution < -0.4 is 0 Å². The monoisotopic (exact) mass is 970 g/mol. The lowest BCUT2D eigenvalue weighted by molar-refractivity contribution is 0.670. The van der Waals surface area contributed by atoms with E-state index in [9.17, 15) is 0 Å². The first-order valence-corrected chi connectivity index (χ1v) is 25.7. The van der Waals surface area contributed by atoms with E-state index in [4.69, 9.17) is 19.4 Å². The molecule has 5 heterocycles. The Morgan fingerprint density at radius 3 is 1.12 bits per heavy atom. The molecule has 0 bridgehead atoms. The highest BCUT2D eigenvalue weighted by atomic mass is 16.3. The molecule has 7 heteroatoms. The number of aromatic nitrogens is 6. The van der Waals surface area contributed by atoms with Crippen LogP contribution in [-0.2, 0) is 0 Å². The maximum Gasteiger partial charge on any atom is 0.164 e. The van der Waals surface area contributed by atoms with Crippen molar-refractivity contribution in [2.24, 2.45) is 0 Å². The van der Waals surface area contributed by atoms with Crippen molar-refractivity contribution in [2.75, 3.05) is 0 Å². The summed E-state index contributed by atoms with van der Waals surface area (Å²) < 4.78 is 14.6. The zero-order chi connectivity index (χ0) is 49.8. The molecule has 354 valence electrons. The van der Waals surface area contributed by atoms with Gasteiger partial charge in [0.1, 0.15) is 11.2 Å². The van der Waals surface area contributed by atoms with E-state index in [1.165, 1.54) is 0 Å². The quantitative estimate of drug-likeness (QED) is 0.160. The first-order valence-electron chi connectivity index (χ1n) is 25.7. The number of hydrogen-bond acceptors (Lipinski definition) is 4. The van der Waals surface area contributed by atoms with Gasteiger partial charge in [0, 0.05) is 70.9 Å². The van der Waals surface area contributed by atoms with Gasteiger partial charge in [0.25, 0.3) is 0 Å². The Morgan fingerprint density at radius 2 is 0.645 bits per heavy atom. The van der Waals surface area contributed by atoms with E-state index >= 15 is 0 Å². The van der Waals surface area contributed by atoms with Crippen molar-refractivity contribution >= 4 is 87.4 Å². The van der Waals surface area contributed by atoms with Gasteiger partial charge in [-0.05, 0) is 48.5 Å². The van der Waals surface area contributed by atoms with Crippen molar-refractivity contribution in [2.45, 2.75) is 0 Å². The molecule has 0 aliphatic heterocycles. The second-order valence-electron chi connectivity index (χ2n) is 19.4. The van der Waals surface area contributed by atoms with Crippen LogP contribution >= 0.6 is 0 Å². The minimum atomic E-state index is 0.522. The third-order valence-electron chi connectivity index (χ3n) is 15.3. The zero-order valence-electron chi connectivity index (χ0n) is 40.8. The molecule has 76 heavy (non-hydrogen) atoms. The summed E-state index contributed by atoms with van der Waals surface area (Å²) in [5, 5.41) is 8.95. The second-order valence-corrected chi connectivity index (χ2v) is 19.4. The third kappa shape index (κ3) is 6.20. The van der Waals surface area contributed by atoms with E-state index < -0.39 is 0 Å². The fraction of sp³-hybridized carbons (Fsp3) is 0. The fourth-order valence-electron chi connectivity index (χ4n) is 12.1. The predicted molar refractivity (Wildman–Crippen MR) is 312 cm³/mol. The van der Waals surface area contributed by atoms with E-state index in [1.54, 1.807) is 0 Å². The van der Waals surface area contributed by atoms with Gasteiger partial charge in [0.15, 0.2) is 17.5 Å². The molecule has 0 saturated carbocycles. The molecule has 0 N–H and O–H groups in total. The molecule has 16 rings (SSSR count). The van der Waals surface area contributed by atoms with Crippen molar-refractivity contribution in [3.05, 3.63) is 255 Å². The van der Waals surface area contributed by atoms with Crippen LogP contribution in [0.25, 0.3) is 150 Å². The summed E-state index contributed by atoms with van der Waals surface area (Å²) in [4.78, 5) is 16.5. The molecule has 7 nitrogen and oxygen atoms in total. The first-order chi connectivity index (χ1) is 37.7. The topological polar surface area (TPSA) is 66.6 Å². The number of fused-ring (bicyclic) bond motifs is 12. The second kappa shape index (κ2) is 16.6. The minimum absolute atomic E-state index is 0.522. The zero-order valence-corrected chi connectivity index (χ0v) is 40.8. The van der Waals surface area contributed by atoms with Crippen LogP contribution in [0, 0.1) is 0 Å². The summed E-state index contributed by atoms with van der Waals surface area (Å²) in [6, 6.07) is 90.5. The standard InChI is InChI=1S/C69H42N6O/c1-3-22-43(23-4-1)67-70-68(44-24-5-2-6-25-44)72-69(71-67)54-42-61(73-55-35-14-7-26-45(55)46-27-8-15-36-56(46)73)64(74-57-37-16-9-28-47(57)48-29-10-17-38-58(48)74)65(75-59-39-18-11-30-49(59)50-31-12-19-40-60(50)75)63(54)53-34-21-33-52-51-32-13-20-41-62(51)76-66(52)53/h1-42H. The Labute approximate surface area is 435 Å². The van der Waals surface area contributed by atoms with Crippen LogP contribution in [0.1, 0.15) is 0 Å². The molecule has 11 aromatic carbocycles. The largest absolute Gasteiger partial charge is 0.455 e. The molecule has 0 spiro atoms. The lowest BCUT2D eigenvalue weighted by atomic mass is 9.92. The summed E-state index contributed by atoms with van der Waals surface area (Å²) >= 11 is 0. The van der Waals surface area contributed by atoms with Gasteiger partial charge < -0.3 is 18.1 Å². The summed E-state index contributed by atoms with van der Waals surface area (Å²) in [5.41, 5.74) is 15.2. The summed E-state index contributed by atoms with van der Waals surface area (Å²) in [5.74, 6) is 1.66. The molecule has 0 aliphatic rings. The molecular weight excluding hydrogens is 929 g/mol. The van der Waals surface area contributed by atoms with Gasteiger partial charge in [0.05, 0.1) is 50.2 Å². The summed E-state index contributed by atoms with van der Waals surface area (Å²) in [6.07, 6.45) is 0. The van der Waals surface area contributed by atoms with Crippen LogP contribution in [-0.4, -0.2) is 28.7 Å². The van der Waals surface area contributed by atoms with Crippen LogP contribution in [0.15, 0.2) is 259 Å². The Bertz CT molecular complexity index is 4790. The highest BCUT2D eigenvalue weighted by Crippen LogP contribution is 2.51. The number of rotatable bonds is 7. The third-order valence-corrected chi connectivity index (χ3v) is 15.3. The van der Waals surface area contributed by atoms with Crippen molar-refractivity contribution in [3.63, 3.8) is 0 Å². The summed E-state index contributed by atoms with van der Waals surface area (Å²) in [6.45, 7) is 0. The Balaban J connectivity index is 1.22. The van der Waals surface area contributed by atoms with Gasteiger partial charge >= 0.3 is 0 Å². The highest BCUT2D eigenvalue weighted by Gasteiger charge is 2.32. The molecule has 16 aromatic rings. The Morgan fingerprint density at radius 1 is 0.276 bits per heavy atom. The van der Waals surface area contributed by atoms with Crippen LogP contribution in [0.4, 0.5) is 0 Å². The maximum atomic E-state index is 7.18. The molecule has 0 amide bonds. The van der Waals surface area contributed by atoms with E-state index in [0.29, 0.717) is 17.5 Å². The van der Waals surface area contributed by atoms with Gasteiger partial charge in [-0.1, -0.05) is 206 Å². The SMILES string of the molecule is c1ccc(-c2nc(-c3ccccc3)nc(-c3cc(-n4c5ccccc5c5ccccc54)c(-n4c5ccccc5c5ccccc54)c(-n4c5ccccc5c5ccccc54)c3-c3cccc4c3oc3ccccc34)n2)cc1. The number of benzene rings is 11. The van der Waals surface area contributed by atoms with Crippen LogP contribution in [0.5, 0.6) is 0 Å². The van der Waals surface area contributed by atoms with Crippen LogP contribution in [0.2, 0.25) is 0 Å². The normalized spacial score (nSPS) is 11.9. The van der Waals surface area contributed by atoms with Gasteiger partial charge in [-0.2, -0.15) is 0 Å².